The number of Topliss-reactive ketones (excluding diaryl/α,β-unsaturated/α-hetero) is 1. The van der Waals surface area contributed by atoms with Crippen molar-refractivity contribution in [1.29, 1.82) is 0 Å². The van der Waals surface area contributed by atoms with Gasteiger partial charge in [-0.05, 0) is 30.0 Å². The molecule has 0 aliphatic heterocycles. The molecule has 1 aliphatic rings. The zero-order chi connectivity index (χ0) is 27.7. The third-order valence-corrected chi connectivity index (χ3v) is 6.06. The number of nitrogens with two attached hydrogens (primary N) is 2. The Morgan fingerprint density at radius 1 is 0.842 bits per heavy atom. The molecule has 1 aliphatic carbocycles. The van der Waals surface area contributed by atoms with E-state index in [1.54, 1.807) is 0 Å². The Labute approximate surface area is 221 Å². The van der Waals surface area contributed by atoms with Crippen molar-refractivity contribution in [3.8, 4) is 0 Å². The lowest BCUT2D eigenvalue weighted by Crippen LogP contribution is -2.49. The molecule has 200 valence electrons. The summed E-state index contributed by atoms with van der Waals surface area (Å²) in [6.07, 6.45) is 2.77. The highest BCUT2D eigenvalue weighted by molar-refractivity contribution is 5.93. The average Bonchev–Trinajstić information content (AvgIpc) is 2.89. The average molecular weight is 521 g/mol. The van der Waals surface area contributed by atoms with Gasteiger partial charge in [0, 0.05) is 20.3 Å². The number of rotatable bonds is 11. The Morgan fingerprint density at radius 3 is 2.00 bits per heavy atom. The Morgan fingerprint density at radius 2 is 1.42 bits per heavy atom. The highest BCUT2D eigenvalue weighted by Crippen LogP contribution is 2.41. The summed E-state index contributed by atoms with van der Waals surface area (Å²) in [5.74, 6) is -2.44. The smallest absolute Gasteiger partial charge is 0.323 e. The van der Waals surface area contributed by atoms with E-state index in [4.69, 9.17) is 25.7 Å². The summed E-state index contributed by atoms with van der Waals surface area (Å²) in [6.45, 7) is 2.41. The third kappa shape index (κ3) is 7.71. The van der Waals surface area contributed by atoms with Crippen LogP contribution in [0, 0.1) is 5.41 Å². The van der Waals surface area contributed by atoms with Gasteiger partial charge >= 0.3 is 17.9 Å². The molecule has 0 spiro atoms. The number of carbonyl (C=O) groups excluding carboxylic acids is 4. The summed E-state index contributed by atoms with van der Waals surface area (Å²) < 4.78 is 15.9. The molecule has 2 aromatic rings. The lowest BCUT2D eigenvalue weighted by Gasteiger charge is -2.36. The fourth-order valence-corrected chi connectivity index (χ4v) is 4.32. The summed E-state index contributed by atoms with van der Waals surface area (Å²) >= 11 is 0. The molecule has 0 amide bonds. The number of esters is 3. The fourth-order valence-electron chi connectivity index (χ4n) is 4.32. The van der Waals surface area contributed by atoms with Gasteiger partial charge in [-0.2, -0.15) is 0 Å². The molecule has 9 nitrogen and oxygen atoms in total. The van der Waals surface area contributed by atoms with E-state index in [-0.39, 0.29) is 37.4 Å². The van der Waals surface area contributed by atoms with Crippen LogP contribution in [0.2, 0.25) is 0 Å². The van der Waals surface area contributed by atoms with Gasteiger partial charge in [0.2, 0.25) is 0 Å². The van der Waals surface area contributed by atoms with Crippen molar-refractivity contribution >= 4 is 23.7 Å². The first-order valence-corrected chi connectivity index (χ1v) is 12.2. The molecule has 0 heterocycles. The van der Waals surface area contributed by atoms with Crippen molar-refractivity contribution in [3.63, 3.8) is 0 Å². The third-order valence-electron chi connectivity index (χ3n) is 6.06. The summed E-state index contributed by atoms with van der Waals surface area (Å²) in [5, 5.41) is 0. The quantitative estimate of drug-likeness (QED) is 0.337. The number of carbonyl (C=O) groups is 4. The lowest BCUT2D eigenvalue weighted by atomic mass is 9.69. The number of benzene rings is 2. The maximum atomic E-state index is 13.9. The molecule has 0 fully saturated rings. The van der Waals surface area contributed by atoms with Crippen LogP contribution in [0.5, 0.6) is 0 Å². The SMILES string of the molecule is CC(=O)OC1=C(OC(C)=O)CC(C[C@H](N)C(=O)OCc2ccccc2)(C(=O)[C@@H](N)Cc2ccccc2)C=C1. The van der Waals surface area contributed by atoms with Crippen LogP contribution in [0.4, 0.5) is 0 Å². The molecule has 2 aromatic carbocycles. The van der Waals surface area contributed by atoms with Gasteiger partial charge in [0.05, 0.1) is 11.5 Å². The molecule has 0 radical (unpaired) electrons. The van der Waals surface area contributed by atoms with Crippen LogP contribution < -0.4 is 11.5 Å². The van der Waals surface area contributed by atoms with Crippen LogP contribution in [0.1, 0.15) is 37.8 Å². The number of hydrogen-bond donors (Lipinski definition) is 2. The highest BCUT2D eigenvalue weighted by atomic mass is 16.6. The minimum atomic E-state index is -1.42. The van der Waals surface area contributed by atoms with Crippen LogP contribution in [-0.4, -0.2) is 35.8 Å². The maximum Gasteiger partial charge on any atom is 0.323 e. The first kappa shape index (κ1) is 28.5. The molecule has 38 heavy (non-hydrogen) atoms. The first-order valence-electron chi connectivity index (χ1n) is 12.2. The van der Waals surface area contributed by atoms with E-state index in [1.807, 2.05) is 60.7 Å². The highest BCUT2D eigenvalue weighted by Gasteiger charge is 2.45. The molecular formula is C29H32N2O7. The zero-order valence-corrected chi connectivity index (χ0v) is 21.4. The second-order valence-electron chi connectivity index (χ2n) is 9.21. The normalized spacial score (nSPS) is 18.3. The van der Waals surface area contributed by atoms with E-state index in [9.17, 15) is 19.2 Å². The van der Waals surface area contributed by atoms with Crippen LogP contribution in [0.25, 0.3) is 0 Å². The number of ether oxygens (including phenoxy) is 3. The molecule has 0 saturated heterocycles. The summed E-state index contributed by atoms with van der Waals surface area (Å²) in [4.78, 5) is 50.1. The Kier molecular flexibility index (Phi) is 9.70. The minimum Gasteiger partial charge on any atom is -0.460 e. The zero-order valence-electron chi connectivity index (χ0n) is 21.4. The first-order chi connectivity index (χ1) is 18.1. The largest absolute Gasteiger partial charge is 0.460 e. The van der Waals surface area contributed by atoms with Gasteiger partial charge in [-0.15, -0.1) is 0 Å². The molecule has 0 saturated carbocycles. The van der Waals surface area contributed by atoms with Gasteiger partial charge in [0.15, 0.2) is 17.3 Å². The molecule has 0 bridgehead atoms. The summed E-state index contributed by atoms with van der Waals surface area (Å²) in [5.41, 5.74) is 12.8. The monoisotopic (exact) mass is 520 g/mol. The number of ketones is 1. The van der Waals surface area contributed by atoms with E-state index in [2.05, 4.69) is 0 Å². The van der Waals surface area contributed by atoms with Crippen LogP contribution >= 0.6 is 0 Å². The van der Waals surface area contributed by atoms with Crippen LogP contribution in [-0.2, 0) is 46.4 Å². The Bertz CT molecular complexity index is 1220. The fraction of sp³-hybridized carbons (Fsp3) is 0.310. The van der Waals surface area contributed by atoms with E-state index in [0.717, 1.165) is 11.1 Å². The van der Waals surface area contributed by atoms with E-state index in [0.29, 0.717) is 0 Å². The van der Waals surface area contributed by atoms with Crippen molar-refractivity contribution in [2.75, 3.05) is 0 Å². The molecule has 3 rings (SSSR count). The number of allylic oxidation sites excluding steroid dienone is 3. The molecule has 0 aromatic heterocycles. The Hall–Kier alpha value is -4.08. The van der Waals surface area contributed by atoms with E-state index >= 15 is 0 Å². The van der Waals surface area contributed by atoms with Crippen molar-refractivity contribution in [3.05, 3.63) is 95.5 Å². The van der Waals surface area contributed by atoms with Gasteiger partial charge < -0.3 is 25.7 Å². The van der Waals surface area contributed by atoms with Gasteiger partial charge in [-0.1, -0.05) is 66.7 Å². The predicted octanol–water partition coefficient (Wildman–Crippen LogP) is 2.87. The van der Waals surface area contributed by atoms with Crippen molar-refractivity contribution in [2.24, 2.45) is 16.9 Å². The molecular weight excluding hydrogens is 488 g/mol. The molecule has 3 atom stereocenters. The van der Waals surface area contributed by atoms with E-state index < -0.39 is 41.2 Å². The van der Waals surface area contributed by atoms with Gasteiger partial charge in [0.25, 0.3) is 0 Å². The van der Waals surface area contributed by atoms with Crippen LogP contribution in [0.3, 0.4) is 0 Å². The van der Waals surface area contributed by atoms with Gasteiger partial charge in [-0.3, -0.25) is 19.2 Å². The maximum absolute atomic E-state index is 13.9. The topological polar surface area (TPSA) is 148 Å². The standard InChI is InChI=1S/C29H32N2O7/c1-19(32)37-25-13-14-29(17-26(25)38-20(2)33,27(34)23(30)15-21-9-5-3-6-10-21)16-24(31)28(35)36-18-22-11-7-4-8-12-22/h3-14,23-24H,15-18,30-31H2,1-2H3/t23-,24-,29?/m0/s1. The van der Waals surface area contributed by atoms with Crippen molar-refractivity contribution in [2.45, 2.75) is 51.8 Å². The summed E-state index contributed by atoms with van der Waals surface area (Å²) in [6, 6.07) is 16.2. The van der Waals surface area contributed by atoms with Crippen molar-refractivity contribution < 1.29 is 33.4 Å². The van der Waals surface area contributed by atoms with E-state index in [1.165, 1.54) is 26.0 Å². The second kappa shape index (κ2) is 12.9. The van der Waals surface area contributed by atoms with Crippen molar-refractivity contribution in [1.82, 2.24) is 0 Å². The molecule has 4 N–H and O–H groups in total. The molecule has 9 heteroatoms. The van der Waals surface area contributed by atoms with Gasteiger partial charge in [-0.25, -0.2) is 0 Å². The minimum absolute atomic E-state index is 0.00650. The number of hydrogen-bond acceptors (Lipinski definition) is 9. The van der Waals surface area contributed by atoms with Crippen LogP contribution in [0.15, 0.2) is 84.3 Å². The molecule has 1 unspecified atom stereocenters. The second-order valence-corrected chi connectivity index (χ2v) is 9.21. The lowest BCUT2D eigenvalue weighted by molar-refractivity contribution is -0.148. The predicted molar refractivity (Wildman–Crippen MR) is 139 cm³/mol. The summed E-state index contributed by atoms with van der Waals surface area (Å²) in [7, 11) is 0. The van der Waals surface area contributed by atoms with Gasteiger partial charge in [0.1, 0.15) is 12.6 Å². The Balaban J connectivity index is 1.88.